The topological polar surface area (TPSA) is 71.7 Å². The minimum atomic E-state index is 0.652. The van der Waals surface area contributed by atoms with Crippen LogP contribution in [-0.4, -0.2) is 43.8 Å². The lowest BCUT2D eigenvalue weighted by Gasteiger charge is -2.10. The van der Waals surface area contributed by atoms with Gasteiger partial charge in [-0.05, 0) is 18.6 Å². The van der Waals surface area contributed by atoms with E-state index in [1.165, 1.54) is 18.6 Å². The zero-order chi connectivity index (χ0) is 10.9. The molecule has 0 bridgehead atoms. The number of methoxy groups -OCH3 is 1. The van der Waals surface area contributed by atoms with Gasteiger partial charge in [0.25, 0.3) is 0 Å². The Bertz CT molecular complexity index is 195. The number of rotatable bonds is 5. The number of guanidine groups is 1. The summed E-state index contributed by atoms with van der Waals surface area (Å²) in [4.78, 5) is 4.39. The number of nitrogens with two attached hydrogens (primary N) is 1. The molecule has 0 amide bonds. The zero-order valence-corrected chi connectivity index (χ0v) is 9.98. The van der Waals surface area contributed by atoms with Crippen LogP contribution in [-0.2, 0) is 4.74 Å². The maximum atomic E-state index is 5.35. The van der Waals surface area contributed by atoms with Crippen molar-refractivity contribution in [3.63, 3.8) is 0 Å². The summed E-state index contributed by atoms with van der Waals surface area (Å²) in [7, 11) is 1.67. The second kappa shape index (κ2) is 7.78. The normalized spacial score (nSPS) is 21.7. The fourth-order valence-electron chi connectivity index (χ4n) is 1.41. The van der Waals surface area contributed by atoms with Gasteiger partial charge in [-0.15, -0.1) is 0 Å². The molecule has 1 aliphatic rings. The predicted molar refractivity (Wildman–Crippen MR) is 65.0 cm³/mol. The lowest BCUT2D eigenvalue weighted by atomic mass is 10.2. The van der Waals surface area contributed by atoms with Crippen LogP contribution < -0.4 is 16.6 Å². The van der Waals surface area contributed by atoms with Gasteiger partial charge < -0.3 is 10.1 Å². The predicted octanol–water partition coefficient (Wildman–Crippen LogP) is -0.0627. The van der Waals surface area contributed by atoms with Gasteiger partial charge in [-0.3, -0.25) is 10.4 Å². The molecule has 0 saturated carbocycles. The van der Waals surface area contributed by atoms with Crippen molar-refractivity contribution in [2.75, 3.05) is 32.6 Å². The molecule has 0 aliphatic carbocycles. The standard InChI is InChI=1S/C9H20N4OS/c1-14-5-4-11-9(13-10)12-7-8-3-2-6-15-8/h8H,2-7,10H2,1H3,(H2,11,12,13). The quantitative estimate of drug-likeness (QED) is 0.204. The van der Waals surface area contributed by atoms with Gasteiger partial charge in [-0.2, -0.15) is 11.8 Å². The van der Waals surface area contributed by atoms with Crippen LogP contribution in [0.25, 0.3) is 0 Å². The fourth-order valence-corrected chi connectivity index (χ4v) is 2.59. The highest BCUT2D eigenvalue weighted by Crippen LogP contribution is 2.25. The first-order chi connectivity index (χ1) is 7.36. The summed E-state index contributed by atoms with van der Waals surface area (Å²) < 4.78 is 4.92. The minimum absolute atomic E-state index is 0.652. The SMILES string of the molecule is COCCNC(=NCC1CCCS1)NN. The molecule has 15 heavy (non-hydrogen) atoms. The van der Waals surface area contributed by atoms with Crippen LogP contribution >= 0.6 is 11.8 Å². The first kappa shape index (κ1) is 12.6. The average Bonchev–Trinajstić information content (AvgIpc) is 2.76. The maximum absolute atomic E-state index is 5.35. The first-order valence-corrected chi connectivity index (χ1v) is 6.27. The van der Waals surface area contributed by atoms with Crippen LogP contribution in [0.2, 0.25) is 0 Å². The van der Waals surface area contributed by atoms with E-state index in [9.17, 15) is 0 Å². The van der Waals surface area contributed by atoms with E-state index in [1.807, 2.05) is 11.8 Å². The van der Waals surface area contributed by atoms with Gasteiger partial charge in [0.1, 0.15) is 0 Å². The van der Waals surface area contributed by atoms with Crippen molar-refractivity contribution in [3.05, 3.63) is 0 Å². The van der Waals surface area contributed by atoms with Crippen molar-refractivity contribution < 1.29 is 4.74 Å². The summed E-state index contributed by atoms with van der Waals surface area (Å²) in [5.41, 5.74) is 2.56. The minimum Gasteiger partial charge on any atom is -0.383 e. The van der Waals surface area contributed by atoms with Crippen LogP contribution in [0, 0.1) is 0 Å². The van der Waals surface area contributed by atoms with Crippen LogP contribution in [0.5, 0.6) is 0 Å². The Labute approximate surface area is 95.2 Å². The van der Waals surface area contributed by atoms with E-state index in [-0.39, 0.29) is 0 Å². The lowest BCUT2D eigenvalue weighted by molar-refractivity contribution is 0.203. The van der Waals surface area contributed by atoms with E-state index in [4.69, 9.17) is 10.6 Å². The van der Waals surface area contributed by atoms with Crippen molar-refractivity contribution in [1.82, 2.24) is 10.7 Å². The molecule has 1 saturated heterocycles. The number of thioether (sulfide) groups is 1. The Kier molecular flexibility index (Phi) is 6.54. The smallest absolute Gasteiger partial charge is 0.205 e. The van der Waals surface area contributed by atoms with E-state index >= 15 is 0 Å². The van der Waals surface area contributed by atoms with Crippen LogP contribution in [0.1, 0.15) is 12.8 Å². The Morgan fingerprint density at radius 3 is 3.13 bits per heavy atom. The van der Waals surface area contributed by atoms with E-state index in [0.717, 1.165) is 13.1 Å². The highest BCUT2D eigenvalue weighted by Gasteiger charge is 2.14. The number of nitrogens with one attached hydrogen (secondary N) is 2. The van der Waals surface area contributed by atoms with E-state index in [1.54, 1.807) is 7.11 Å². The van der Waals surface area contributed by atoms with E-state index in [2.05, 4.69) is 15.7 Å². The summed E-state index contributed by atoms with van der Waals surface area (Å²) in [5.74, 6) is 7.27. The molecule has 5 nitrogen and oxygen atoms in total. The average molecular weight is 232 g/mol. The highest BCUT2D eigenvalue weighted by atomic mass is 32.2. The van der Waals surface area contributed by atoms with Crippen molar-refractivity contribution in [1.29, 1.82) is 0 Å². The molecule has 0 spiro atoms. The Morgan fingerprint density at radius 1 is 1.67 bits per heavy atom. The van der Waals surface area contributed by atoms with Crippen molar-refractivity contribution in [2.45, 2.75) is 18.1 Å². The number of hydrogen-bond donors (Lipinski definition) is 3. The molecule has 4 N–H and O–H groups in total. The van der Waals surface area contributed by atoms with Gasteiger partial charge in [0.15, 0.2) is 0 Å². The van der Waals surface area contributed by atoms with Gasteiger partial charge in [0.05, 0.1) is 13.2 Å². The number of nitrogens with zero attached hydrogens (tertiary/aromatic N) is 1. The largest absolute Gasteiger partial charge is 0.383 e. The molecule has 1 unspecified atom stereocenters. The van der Waals surface area contributed by atoms with Crippen molar-refractivity contribution in [2.24, 2.45) is 10.8 Å². The molecule has 1 aliphatic heterocycles. The maximum Gasteiger partial charge on any atom is 0.205 e. The highest BCUT2D eigenvalue weighted by molar-refractivity contribution is 8.00. The first-order valence-electron chi connectivity index (χ1n) is 5.22. The lowest BCUT2D eigenvalue weighted by Crippen LogP contribution is -2.43. The van der Waals surface area contributed by atoms with Crippen LogP contribution in [0.3, 0.4) is 0 Å². The third-order valence-corrected chi connectivity index (χ3v) is 3.59. The molecule has 1 heterocycles. The van der Waals surface area contributed by atoms with Gasteiger partial charge in [-0.25, -0.2) is 5.84 Å². The van der Waals surface area contributed by atoms with Gasteiger partial charge in [0, 0.05) is 18.9 Å². The second-order valence-electron chi connectivity index (χ2n) is 3.39. The third-order valence-electron chi connectivity index (χ3n) is 2.21. The van der Waals surface area contributed by atoms with Crippen molar-refractivity contribution >= 4 is 17.7 Å². The molecular weight excluding hydrogens is 212 g/mol. The van der Waals surface area contributed by atoms with E-state index < -0.39 is 0 Å². The number of ether oxygens (including phenoxy) is 1. The molecule has 0 aromatic rings. The van der Waals surface area contributed by atoms with Gasteiger partial charge in [0.2, 0.25) is 5.96 Å². The molecule has 1 atom stereocenters. The summed E-state index contributed by atoms with van der Waals surface area (Å²) in [6.07, 6.45) is 2.58. The van der Waals surface area contributed by atoms with Crippen molar-refractivity contribution in [3.8, 4) is 0 Å². The summed E-state index contributed by atoms with van der Waals surface area (Å²) >= 11 is 2.00. The number of aliphatic imine (C=N–C) groups is 1. The third kappa shape index (κ3) is 5.25. The molecule has 1 rings (SSSR count). The molecule has 88 valence electrons. The Hall–Kier alpha value is -0.460. The summed E-state index contributed by atoms with van der Waals surface area (Å²) in [6.45, 7) is 2.21. The fraction of sp³-hybridized carbons (Fsp3) is 0.889. The Balaban J connectivity index is 2.19. The molecule has 6 heteroatoms. The van der Waals surface area contributed by atoms with Gasteiger partial charge in [-0.1, -0.05) is 0 Å². The van der Waals surface area contributed by atoms with Crippen LogP contribution in [0.15, 0.2) is 4.99 Å². The molecule has 0 aromatic carbocycles. The zero-order valence-electron chi connectivity index (χ0n) is 9.16. The molecule has 0 radical (unpaired) electrons. The number of hydrogen-bond acceptors (Lipinski definition) is 4. The molecule has 0 aromatic heterocycles. The van der Waals surface area contributed by atoms with Crippen LogP contribution in [0.4, 0.5) is 0 Å². The number of hydrazine groups is 1. The van der Waals surface area contributed by atoms with Gasteiger partial charge >= 0.3 is 0 Å². The Morgan fingerprint density at radius 2 is 2.53 bits per heavy atom. The molecule has 1 fully saturated rings. The van der Waals surface area contributed by atoms with E-state index in [0.29, 0.717) is 17.8 Å². The monoisotopic (exact) mass is 232 g/mol. The summed E-state index contributed by atoms with van der Waals surface area (Å²) in [6, 6.07) is 0. The second-order valence-corrected chi connectivity index (χ2v) is 4.80. The summed E-state index contributed by atoms with van der Waals surface area (Å²) in [5, 5.41) is 3.74. The molecular formula is C9H20N4OS.